The third-order valence-corrected chi connectivity index (χ3v) is 3.78. The first kappa shape index (κ1) is 16.7. The smallest absolute Gasteiger partial charge is 0.351 e. The molecule has 0 bridgehead atoms. The molecule has 3 rings (SSSR count). The van der Waals surface area contributed by atoms with Gasteiger partial charge in [-0.05, 0) is 41.1 Å². The Labute approximate surface area is 145 Å². The first-order valence-electron chi connectivity index (χ1n) is 7.09. The Kier molecular flexibility index (Phi) is 4.49. The lowest BCUT2D eigenvalue weighted by Gasteiger charge is -2.07. The number of ether oxygens (including phenoxy) is 1. The Morgan fingerprint density at radius 2 is 2.00 bits per heavy atom. The molecule has 1 heterocycles. The molecule has 0 unspecified atom stereocenters. The van der Waals surface area contributed by atoms with Crippen molar-refractivity contribution in [2.75, 3.05) is 5.73 Å². The standard InChI is InChI=1S/C17H11ClN2O5/c18-8-9-1-4-14-10(5-9)6-12(16(21)24-14)17(22)25-15-7-11(20-23)2-3-13(15)19/h1-7H,8,19H2. The molecule has 0 amide bonds. The number of anilines is 1. The molecule has 3 aromatic rings. The number of nitrogens with zero attached hydrogens (tertiary/aromatic N) is 1. The second-order valence-corrected chi connectivity index (χ2v) is 5.42. The highest BCUT2D eigenvalue weighted by Crippen LogP contribution is 2.28. The highest BCUT2D eigenvalue weighted by molar-refractivity contribution is 6.17. The zero-order valence-electron chi connectivity index (χ0n) is 12.7. The molecule has 7 nitrogen and oxygen atoms in total. The SMILES string of the molecule is Nc1ccc(N=O)cc1OC(=O)c1cc2cc(CCl)ccc2oc1=O. The summed E-state index contributed by atoms with van der Waals surface area (Å²) in [5, 5.41) is 3.27. The number of nitrogen functional groups attached to an aromatic ring is 1. The molecule has 2 aromatic carbocycles. The molecule has 0 aliphatic rings. The van der Waals surface area contributed by atoms with Gasteiger partial charge in [-0.2, -0.15) is 0 Å². The number of nitroso groups, excluding NO2 is 1. The van der Waals surface area contributed by atoms with Gasteiger partial charge in [0.25, 0.3) is 0 Å². The van der Waals surface area contributed by atoms with Crippen LogP contribution in [0.25, 0.3) is 11.0 Å². The molecule has 0 saturated heterocycles. The maximum absolute atomic E-state index is 12.3. The minimum absolute atomic E-state index is 0.0364. The van der Waals surface area contributed by atoms with Crippen LogP contribution in [0.15, 0.2) is 56.9 Å². The van der Waals surface area contributed by atoms with E-state index in [1.165, 1.54) is 24.3 Å². The first-order chi connectivity index (χ1) is 12.0. The summed E-state index contributed by atoms with van der Waals surface area (Å²) < 4.78 is 10.2. The van der Waals surface area contributed by atoms with Crippen molar-refractivity contribution in [1.29, 1.82) is 0 Å². The number of benzene rings is 2. The topological polar surface area (TPSA) is 112 Å². The lowest BCUT2D eigenvalue weighted by atomic mass is 10.1. The lowest BCUT2D eigenvalue weighted by molar-refractivity contribution is 0.0731. The Morgan fingerprint density at radius 1 is 1.20 bits per heavy atom. The maximum atomic E-state index is 12.3. The van der Waals surface area contributed by atoms with Gasteiger partial charge in [0.2, 0.25) is 0 Å². The van der Waals surface area contributed by atoms with Crippen LogP contribution in [0.5, 0.6) is 5.75 Å². The van der Waals surface area contributed by atoms with Gasteiger partial charge in [0.15, 0.2) is 5.75 Å². The molecule has 0 atom stereocenters. The molecule has 0 radical (unpaired) electrons. The van der Waals surface area contributed by atoms with E-state index in [9.17, 15) is 14.5 Å². The van der Waals surface area contributed by atoms with Crippen LogP contribution in [0.3, 0.4) is 0 Å². The summed E-state index contributed by atoms with van der Waals surface area (Å²) in [5.41, 5.74) is 5.83. The van der Waals surface area contributed by atoms with E-state index in [1.54, 1.807) is 18.2 Å². The van der Waals surface area contributed by atoms with Gasteiger partial charge in [0, 0.05) is 17.3 Å². The highest BCUT2D eigenvalue weighted by Gasteiger charge is 2.18. The van der Waals surface area contributed by atoms with Crippen molar-refractivity contribution in [3.63, 3.8) is 0 Å². The average Bonchev–Trinajstić information content (AvgIpc) is 2.62. The average molecular weight is 359 g/mol. The molecule has 0 spiro atoms. The predicted octanol–water partition coefficient (Wildman–Crippen LogP) is 3.73. The first-order valence-corrected chi connectivity index (χ1v) is 7.63. The van der Waals surface area contributed by atoms with Gasteiger partial charge in [-0.3, -0.25) is 0 Å². The van der Waals surface area contributed by atoms with Crippen molar-refractivity contribution < 1.29 is 13.9 Å². The number of hydrogen-bond donors (Lipinski definition) is 1. The molecule has 0 aliphatic heterocycles. The minimum Gasteiger partial charge on any atom is -0.422 e. The zero-order valence-corrected chi connectivity index (χ0v) is 13.4. The summed E-state index contributed by atoms with van der Waals surface area (Å²) in [6.45, 7) is 0. The monoisotopic (exact) mass is 358 g/mol. The number of rotatable bonds is 4. The summed E-state index contributed by atoms with van der Waals surface area (Å²) in [6, 6.07) is 10.3. The summed E-state index contributed by atoms with van der Waals surface area (Å²) in [6.07, 6.45) is 0. The van der Waals surface area contributed by atoms with E-state index in [0.29, 0.717) is 11.0 Å². The third kappa shape index (κ3) is 3.36. The van der Waals surface area contributed by atoms with Gasteiger partial charge in [-0.1, -0.05) is 6.07 Å². The van der Waals surface area contributed by atoms with Crippen LogP contribution in [0.2, 0.25) is 0 Å². The molecule has 1 aromatic heterocycles. The van der Waals surface area contributed by atoms with Crippen molar-refractivity contribution in [2.45, 2.75) is 5.88 Å². The number of carbonyl (C=O) groups is 1. The highest BCUT2D eigenvalue weighted by atomic mass is 35.5. The second kappa shape index (κ2) is 6.74. The summed E-state index contributed by atoms with van der Waals surface area (Å²) in [7, 11) is 0. The lowest BCUT2D eigenvalue weighted by Crippen LogP contribution is -2.19. The molecule has 25 heavy (non-hydrogen) atoms. The molecule has 0 saturated carbocycles. The maximum Gasteiger partial charge on any atom is 0.351 e. The Balaban J connectivity index is 2.00. The largest absolute Gasteiger partial charge is 0.422 e. The molecule has 0 fully saturated rings. The third-order valence-electron chi connectivity index (χ3n) is 3.48. The van der Waals surface area contributed by atoms with Crippen LogP contribution >= 0.6 is 11.6 Å². The second-order valence-electron chi connectivity index (χ2n) is 5.16. The number of alkyl halides is 1. The van der Waals surface area contributed by atoms with E-state index in [4.69, 9.17) is 26.5 Å². The zero-order chi connectivity index (χ0) is 18.0. The van der Waals surface area contributed by atoms with E-state index in [-0.39, 0.29) is 28.6 Å². The van der Waals surface area contributed by atoms with Gasteiger partial charge in [-0.15, -0.1) is 16.5 Å². The predicted molar refractivity (Wildman–Crippen MR) is 93.3 cm³/mol. The van der Waals surface area contributed by atoms with Gasteiger partial charge >= 0.3 is 11.6 Å². The summed E-state index contributed by atoms with van der Waals surface area (Å²) in [5.74, 6) is -0.755. The van der Waals surface area contributed by atoms with Crippen LogP contribution < -0.4 is 16.1 Å². The fourth-order valence-electron chi connectivity index (χ4n) is 2.22. The van der Waals surface area contributed by atoms with Crippen LogP contribution in [0.1, 0.15) is 15.9 Å². The summed E-state index contributed by atoms with van der Waals surface area (Å²) >= 11 is 5.78. The van der Waals surface area contributed by atoms with E-state index in [0.717, 1.165) is 5.56 Å². The van der Waals surface area contributed by atoms with Crippen molar-refractivity contribution in [2.24, 2.45) is 5.18 Å². The quantitative estimate of drug-likeness (QED) is 0.190. The Morgan fingerprint density at radius 3 is 2.72 bits per heavy atom. The van der Waals surface area contributed by atoms with Gasteiger partial charge in [0.05, 0.1) is 5.69 Å². The van der Waals surface area contributed by atoms with E-state index >= 15 is 0 Å². The van der Waals surface area contributed by atoms with Gasteiger partial charge < -0.3 is 14.9 Å². The van der Waals surface area contributed by atoms with Gasteiger partial charge in [0.1, 0.15) is 16.8 Å². The van der Waals surface area contributed by atoms with Crippen molar-refractivity contribution >= 4 is 39.9 Å². The van der Waals surface area contributed by atoms with Crippen LogP contribution in [0, 0.1) is 4.91 Å². The number of carbonyl (C=O) groups excluding carboxylic acids is 1. The van der Waals surface area contributed by atoms with Crippen LogP contribution in [-0.2, 0) is 5.88 Å². The molecule has 0 aliphatic carbocycles. The number of hydrogen-bond acceptors (Lipinski definition) is 7. The van der Waals surface area contributed by atoms with E-state index in [2.05, 4.69) is 5.18 Å². The molecule has 126 valence electrons. The van der Waals surface area contributed by atoms with Crippen molar-refractivity contribution in [3.8, 4) is 5.75 Å². The van der Waals surface area contributed by atoms with Gasteiger partial charge in [-0.25, -0.2) is 9.59 Å². The Bertz CT molecular complexity index is 1040. The van der Waals surface area contributed by atoms with Crippen molar-refractivity contribution in [3.05, 3.63) is 68.9 Å². The number of fused-ring (bicyclic) bond motifs is 1. The number of halogens is 1. The fourth-order valence-corrected chi connectivity index (χ4v) is 2.39. The molecule has 2 N–H and O–H groups in total. The van der Waals surface area contributed by atoms with E-state index in [1.807, 2.05) is 0 Å². The van der Waals surface area contributed by atoms with Crippen molar-refractivity contribution in [1.82, 2.24) is 0 Å². The molecular formula is C17H11ClN2O5. The minimum atomic E-state index is -0.957. The number of nitrogens with two attached hydrogens (primary N) is 1. The summed E-state index contributed by atoms with van der Waals surface area (Å²) in [4.78, 5) is 34.9. The number of esters is 1. The molecular weight excluding hydrogens is 348 g/mol. The molecule has 8 heteroatoms. The van der Waals surface area contributed by atoms with Crippen LogP contribution in [-0.4, -0.2) is 5.97 Å². The Hall–Kier alpha value is -3.19. The van der Waals surface area contributed by atoms with E-state index < -0.39 is 11.6 Å². The fraction of sp³-hybridized carbons (Fsp3) is 0.0588. The normalized spacial score (nSPS) is 10.6. The van der Waals surface area contributed by atoms with Crippen LogP contribution in [0.4, 0.5) is 11.4 Å².